The largest absolute Gasteiger partial charge is 0.454 e. The maximum Gasteiger partial charge on any atom is 0.303 e. The van der Waals surface area contributed by atoms with Gasteiger partial charge in [-0.05, 0) is 31.9 Å². The van der Waals surface area contributed by atoms with Crippen LogP contribution in [0.3, 0.4) is 0 Å². The van der Waals surface area contributed by atoms with Crippen LogP contribution >= 0.6 is 0 Å². The molecule has 1 atom stereocenters. The Labute approximate surface area is 112 Å². The second-order valence-corrected chi connectivity index (χ2v) is 4.58. The summed E-state index contributed by atoms with van der Waals surface area (Å²) in [4.78, 5) is 10.9. The van der Waals surface area contributed by atoms with E-state index in [0.29, 0.717) is 0 Å². The summed E-state index contributed by atoms with van der Waals surface area (Å²) in [6.45, 7) is 5.61. The molecule has 2 heteroatoms. The lowest BCUT2D eigenvalue weighted by molar-refractivity contribution is -0.142. The molecule has 18 heavy (non-hydrogen) atoms. The predicted octanol–water partition coefficient (Wildman–Crippen LogP) is 4.80. The number of esters is 1. The van der Waals surface area contributed by atoms with Crippen molar-refractivity contribution in [3.8, 4) is 0 Å². The molecule has 0 amide bonds. The van der Waals surface area contributed by atoms with Gasteiger partial charge in [-0.2, -0.15) is 0 Å². The zero-order valence-electron chi connectivity index (χ0n) is 12.2. The topological polar surface area (TPSA) is 26.3 Å². The molecule has 0 spiro atoms. The van der Waals surface area contributed by atoms with Crippen molar-refractivity contribution in [2.75, 3.05) is 0 Å². The highest BCUT2D eigenvalue weighted by atomic mass is 16.5. The fourth-order valence-corrected chi connectivity index (χ4v) is 1.80. The third-order valence-corrected chi connectivity index (χ3v) is 2.73. The van der Waals surface area contributed by atoms with E-state index < -0.39 is 0 Å². The molecule has 0 saturated carbocycles. The van der Waals surface area contributed by atoms with Gasteiger partial charge >= 0.3 is 5.97 Å². The van der Waals surface area contributed by atoms with E-state index in [0.717, 1.165) is 6.42 Å². The van der Waals surface area contributed by atoms with Crippen LogP contribution in [-0.2, 0) is 9.53 Å². The second kappa shape index (κ2) is 12.4. The lowest BCUT2D eigenvalue weighted by atomic mass is 10.1. The molecule has 0 bridgehead atoms. The third kappa shape index (κ3) is 11.4. The molecule has 0 N–H and O–H groups in total. The number of hydrogen-bond acceptors (Lipinski definition) is 2. The third-order valence-electron chi connectivity index (χ3n) is 2.73. The summed E-state index contributed by atoms with van der Waals surface area (Å²) < 4.78 is 5.14. The molecule has 0 heterocycles. The Morgan fingerprint density at radius 2 is 1.78 bits per heavy atom. The first kappa shape index (κ1) is 16.9. The number of carbonyl (C=O) groups is 1. The van der Waals surface area contributed by atoms with Crippen LogP contribution < -0.4 is 0 Å². The van der Waals surface area contributed by atoms with Gasteiger partial charge in [0.25, 0.3) is 0 Å². The maximum atomic E-state index is 10.9. The lowest BCUT2D eigenvalue weighted by Gasteiger charge is -2.07. The minimum atomic E-state index is -0.234. The van der Waals surface area contributed by atoms with Gasteiger partial charge in [0, 0.05) is 6.92 Å². The Balaban J connectivity index is 3.66. The summed E-state index contributed by atoms with van der Waals surface area (Å²) in [6, 6.07) is 0. The molecule has 0 aromatic rings. The number of carbonyl (C=O) groups excluding carboxylic acids is 1. The van der Waals surface area contributed by atoms with Gasteiger partial charge in [0.2, 0.25) is 0 Å². The second-order valence-electron chi connectivity index (χ2n) is 4.58. The molecule has 0 aliphatic rings. The quantitative estimate of drug-likeness (QED) is 0.317. The van der Waals surface area contributed by atoms with Crippen molar-refractivity contribution < 1.29 is 9.53 Å². The first-order valence-corrected chi connectivity index (χ1v) is 7.17. The van der Waals surface area contributed by atoms with Gasteiger partial charge in [0.05, 0.1) is 0 Å². The average Bonchev–Trinajstić information content (AvgIpc) is 2.32. The van der Waals surface area contributed by atoms with E-state index in [9.17, 15) is 4.79 Å². The van der Waals surface area contributed by atoms with E-state index >= 15 is 0 Å². The summed E-state index contributed by atoms with van der Waals surface area (Å²) in [5.41, 5.74) is 0. The molecule has 0 radical (unpaired) electrons. The van der Waals surface area contributed by atoms with Crippen molar-refractivity contribution in [2.24, 2.45) is 0 Å². The van der Waals surface area contributed by atoms with E-state index in [1.807, 2.05) is 25.2 Å². The maximum absolute atomic E-state index is 10.9. The molecule has 0 rings (SSSR count). The van der Waals surface area contributed by atoms with Crippen LogP contribution in [0.15, 0.2) is 24.3 Å². The summed E-state index contributed by atoms with van der Waals surface area (Å²) >= 11 is 0. The van der Waals surface area contributed by atoms with Gasteiger partial charge in [-0.15, -0.1) is 0 Å². The van der Waals surface area contributed by atoms with Gasteiger partial charge in [0.1, 0.15) is 6.10 Å². The Bertz CT molecular complexity index is 254. The van der Waals surface area contributed by atoms with Crippen LogP contribution in [0.1, 0.15) is 65.7 Å². The van der Waals surface area contributed by atoms with Crippen LogP contribution in [-0.4, -0.2) is 12.1 Å². The number of unbranched alkanes of at least 4 members (excludes halogenated alkanes) is 6. The predicted molar refractivity (Wildman–Crippen MR) is 77.5 cm³/mol. The molecule has 2 nitrogen and oxygen atoms in total. The highest BCUT2D eigenvalue weighted by molar-refractivity contribution is 5.66. The van der Waals surface area contributed by atoms with Gasteiger partial charge < -0.3 is 4.74 Å². The van der Waals surface area contributed by atoms with Crippen molar-refractivity contribution in [3.05, 3.63) is 24.3 Å². The molecule has 104 valence electrons. The summed E-state index contributed by atoms with van der Waals surface area (Å²) in [6.07, 6.45) is 16.6. The van der Waals surface area contributed by atoms with E-state index in [1.165, 1.54) is 45.4 Å². The zero-order chi connectivity index (χ0) is 13.6. The van der Waals surface area contributed by atoms with E-state index in [4.69, 9.17) is 4.74 Å². The molecule has 0 aliphatic carbocycles. The molecule has 0 aromatic carbocycles. The van der Waals surface area contributed by atoms with Gasteiger partial charge in [-0.25, -0.2) is 0 Å². The van der Waals surface area contributed by atoms with Crippen molar-refractivity contribution >= 4 is 5.97 Å². The van der Waals surface area contributed by atoms with Crippen LogP contribution in [0.25, 0.3) is 0 Å². The molecule has 0 aromatic heterocycles. The van der Waals surface area contributed by atoms with E-state index in [2.05, 4.69) is 13.0 Å². The van der Waals surface area contributed by atoms with Crippen LogP contribution in [0.5, 0.6) is 0 Å². The standard InChI is InChI=1S/C16H28O2/c1-4-6-7-8-9-10-11-12-14-16(13-5-2)18-15(3)17/h5,12-14,16H,4,6-11H2,1-3H3/b13-5+,14-12-. The Morgan fingerprint density at radius 1 is 1.11 bits per heavy atom. The smallest absolute Gasteiger partial charge is 0.303 e. The molecule has 0 aliphatic heterocycles. The minimum Gasteiger partial charge on any atom is -0.454 e. The van der Waals surface area contributed by atoms with Gasteiger partial charge in [-0.1, -0.05) is 51.2 Å². The fraction of sp³-hybridized carbons (Fsp3) is 0.688. The van der Waals surface area contributed by atoms with Crippen LogP contribution in [0, 0.1) is 0 Å². The minimum absolute atomic E-state index is 0.201. The Morgan fingerprint density at radius 3 is 2.39 bits per heavy atom. The van der Waals surface area contributed by atoms with E-state index in [1.54, 1.807) is 0 Å². The number of ether oxygens (including phenoxy) is 1. The number of hydrogen-bond donors (Lipinski definition) is 0. The van der Waals surface area contributed by atoms with Crippen molar-refractivity contribution in [1.82, 2.24) is 0 Å². The zero-order valence-corrected chi connectivity index (χ0v) is 12.2. The van der Waals surface area contributed by atoms with Crippen molar-refractivity contribution in [2.45, 2.75) is 71.8 Å². The number of allylic oxidation sites excluding steroid dienone is 2. The Kier molecular flexibility index (Phi) is 11.7. The van der Waals surface area contributed by atoms with Crippen LogP contribution in [0.2, 0.25) is 0 Å². The molecule has 1 unspecified atom stereocenters. The summed E-state index contributed by atoms with van der Waals surface area (Å²) in [5.74, 6) is -0.234. The number of rotatable bonds is 10. The Hall–Kier alpha value is -1.05. The highest BCUT2D eigenvalue weighted by Gasteiger charge is 2.02. The van der Waals surface area contributed by atoms with E-state index in [-0.39, 0.29) is 12.1 Å². The fourth-order valence-electron chi connectivity index (χ4n) is 1.80. The lowest BCUT2D eigenvalue weighted by Crippen LogP contribution is -2.10. The molecule has 0 fully saturated rings. The first-order valence-electron chi connectivity index (χ1n) is 7.17. The molecular formula is C16H28O2. The normalized spacial score (nSPS) is 13.3. The van der Waals surface area contributed by atoms with Crippen LogP contribution in [0.4, 0.5) is 0 Å². The summed E-state index contributed by atoms with van der Waals surface area (Å²) in [5, 5.41) is 0. The molecule has 0 saturated heterocycles. The van der Waals surface area contributed by atoms with Crippen molar-refractivity contribution in [1.29, 1.82) is 0 Å². The summed E-state index contributed by atoms with van der Waals surface area (Å²) in [7, 11) is 0. The highest BCUT2D eigenvalue weighted by Crippen LogP contribution is 2.08. The monoisotopic (exact) mass is 252 g/mol. The average molecular weight is 252 g/mol. The van der Waals surface area contributed by atoms with Gasteiger partial charge in [-0.3, -0.25) is 4.79 Å². The van der Waals surface area contributed by atoms with Gasteiger partial charge in [0.15, 0.2) is 0 Å². The SMILES string of the molecule is C/C=C/C(/C=C\CCCCCCCC)OC(C)=O. The molecular weight excluding hydrogens is 224 g/mol. The first-order chi connectivity index (χ1) is 8.70. The van der Waals surface area contributed by atoms with Crippen molar-refractivity contribution in [3.63, 3.8) is 0 Å².